The molecule has 0 bridgehead atoms. The van der Waals surface area contributed by atoms with Gasteiger partial charge in [0.05, 0.1) is 23.1 Å². The van der Waals surface area contributed by atoms with Gasteiger partial charge in [0.2, 0.25) is 0 Å². The Bertz CT molecular complexity index is 699. The monoisotopic (exact) mass is 343 g/mol. The highest BCUT2D eigenvalue weighted by atomic mass is 19.4. The van der Waals surface area contributed by atoms with Crippen molar-refractivity contribution in [2.75, 3.05) is 13.1 Å². The molecule has 128 valence electrons. The molecule has 0 N–H and O–H groups in total. The fourth-order valence-electron chi connectivity index (χ4n) is 2.41. The summed E-state index contributed by atoms with van der Waals surface area (Å²) in [5.74, 6) is -2.17. The molecule has 0 saturated carbocycles. The number of nitrogens with zero attached hydrogens (tertiary/aromatic N) is 3. The predicted molar refractivity (Wildman–Crippen MR) is 74.1 cm³/mol. The van der Waals surface area contributed by atoms with Crippen molar-refractivity contribution in [1.29, 1.82) is 5.26 Å². The molecule has 1 saturated heterocycles. The second kappa shape index (κ2) is 6.74. The quantitative estimate of drug-likeness (QED) is 0.620. The summed E-state index contributed by atoms with van der Waals surface area (Å²) < 4.78 is 42.9. The maximum atomic E-state index is 12.5. The van der Waals surface area contributed by atoms with E-state index in [1.54, 1.807) is 6.07 Å². The van der Waals surface area contributed by atoms with Crippen LogP contribution in [0.2, 0.25) is 0 Å². The summed E-state index contributed by atoms with van der Waals surface area (Å²) in [7, 11) is 0. The van der Waals surface area contributed by atoms with Gasteiger partial charge in [-0.3, -0.25) is 14.9 Å². The molecule has 0 spiro atoms. The van der Waals surface area contributed by atoms with E-state index in [1.807, 2.05) is 0 Å². The summed E-state index contributed by atoms with van der Waals surface area (Å²) in [6.45, 7) is -0.384. The van der Waals surface area contributed by atoms with Crippen LogP contribution in [0.15, 0.2) is 18.2 Å². The summed E-state index contributed by atoms with van der Waals surface area (Å²) in [5, 5.41) is 19.8. The third kappa shape index (κ3) is 3.92. The maximum absolute atomic E-state index is 12.5. The first-order chi connectivity index (χ1) is 11.2. The van der Waals surface area contributed by atoms with Gasteiger partial charge in [0.15, 0.2) is 5.75 Å². The highest BCUT2D eigenvalue weighted by Crippen LogP contribution is 2.31. The zero-order chi connectivity index (χ0) is 17.9. The molecule has 1 aromatic carbocycles. The number of alkyl halides is 3. The van der Waals surface area contributed by atoms with E-state index in [2.05, 4.69) is 0 Å². The van der Waals surface area contributed by atoms with Crippen molar-refractivity contribution in [2.45, 2.75) is 25.1 Å². The summed E-state index contributed by atoms with van der Waals surface area (Å²) in [6.07, 6.45) is -5.18. The van der Waals surface area contributed by atoms with Crippen molar-refractivity contribution in [1.82, 2.24) is 4.90 Å². The molecule has 7 nitrogen and oxygen atoms in total. The van der Waals surface area contributed by atoms with E-state index in [-0.39, 0.29) is 30.8 Å². The van der Waals surface area contributed by atoms with Crippen LogP contribution in [-0.4, -0.2) is 41.1 Å². The highest BCUT2D eigenvalue weighted by Gasteiger charge is 2.44. The van der Waals surface area contributed by atoms with Gasteiger partial charge in [0.25, 0.3) is 0 Å². The van der Waals surface area contributed by atoms with Crippen LogP contribution in [0.3, 0.4) is 0 Å². The van der Waals surface area contributed by atoms with Gasteiger partial charge < -0.3 is 9.64 Å². The van der Waals surface area contributed by atoms with Crippen LogP contribution in [-0.2, 0) is 4.79 Å². The fourth-order valence-corrected chi connectivity index (χ4v) is 2.41. The predicted octanol–water partition coefficient (Wildman–Crippen LogP) is 2.40. The minimum Gasteiger partial charge on any atom is -0.482 e. The lowest BCUT2D eigenvalue weighted by atomic mass is 10.1. The standard InChI is InChI=1S/C14H12F3N3O4/c15-14(16,17)13(21)19-5-1-2-10(8-19)24-12-6-9(7-18)3-4-11(12)20(22)23/h3-4,6,10H,1-2,5,8H2/t10-/m0/s1. The van der Waals surface area contributed by atoms with Crippen LogP contribution in [0, 0.1) is 21.4 Å². The van der Waals surface area contributed by atoms with Gasteiger partial charge in [0.1, 0.15) is 6.10 Å². The topological polar surface area (TPSA) is 96.5 Å². The second-order valence-corrected chi connectivity index (χ2v) is 5.18. The Hall–Kier alpha value is -2.83. The molecule has 24 heavy (non-hydrogen) atoms. The minimum absolute atomic E-state index is 0.0570. The number of rotatable bonds is 3. The van der Waals surface area contributed by atoms with Crippen molar-refractivity contribution >= 4 is 11.6 Å². The average molecular weight is 343 g/mol. The number of nitro groups is 1. The molecule has 10 heteroatoms. The molecular formula is C14H12F3N3O4. The molecule has 1 atom stereocenters. The first-order valence-electron chi connectivity index (χ1n) is 6.93. The summed E-state index contributed by atoms with van der Waals surface area (Å²) in [4.78, 5) is 22.2. The van der Waals surface area contributed by atoms with Gasteiger partial charge in [-0.2, -0.15) is 18.4 Å². The van der Waals surface area contributed by atoms with Crippen LogP contribution >= 0.6 is 0 Å². The smallest absolute Gasteiger partial charge is 0.471 e. The third-order valence-corrected chi connectivity index (χ3v) is 3.49. The number of carbonyl (C=O) groups excluding carboxylic acids is 1. The molecule has 1 aliphatic heterocycles. The number of likely N-dealkylation sites (tertiary alicyclic amines) is 1. The number of hydrogen-bond donors (Lipinski definition) is 0. The van der Waals surface area contributed by atoms with Gasteiger partial charge >= 0.3 is 17.8 Å². The minimum atomic E-state index is -4.98. The number of piperidine rings is 1. The van der Waals surface area contributed by atoms with Gasteiger partial charge in [-0.25, -0.2) is 0 Å². The van der Waals surface area contributed by atoms with E-state index in [0.717, 1.165) is 12.1 Å². The zero-order valence-corrected chi connectivity index (χ0v) is 12.2. The number of nitriles is 1. The highest BCUT2D eigenvalue weighted by molar-refractivity contribution is 5.82. The number of benzene rings is 1. The Labute approximate surface area is 134 Å². The van der Waals surface area contributed by atoms with Gasteiger partial charge in [-0.15, -0.1) is 0 Å². The normalized spacial score (nSPS) is 17.9. The molecule has 1 aromatic rings. The van der Waals surface area contributed by atoms with Crippen molar-refractivity contribution < 1.29 is 27.6 Å². The van der Waals surface area contributed by atoms with Crippen molar-refractivity contribution in [3.05, 3.63) is 33.9 Å². The zero-order valence-electron chi connectivity index (χ0n) is 12.2. The molecule has 0 aromatic heterocycles. The summed E-state index contributed by atoms with van der Waals surface area (Å²) in [5.41, 5.74) is -0.275. The summed E-state index contributed by atoms with van der Waals surface area (Å²) in [6, 6.07) is 5.29. The Balaban J connectivity index is 2.18. The van der Waals surface area contributed by atoms with Crippen LogP contribution in [0.5, 0.6) is 5.75 Å². The largest absolute Gasteiger partial charge is 0.482 e. The van der Waals surface area contributed by atoms with Gasteiger partial charge in [0, 0.05) is 18.7 Å². The van der Waals surface area contributed by atoms with Crippen molar-refractivity contribution in [2.24, 2.45) is 0 Å². The van der Waals surface area contributed by atoms with E-state index in [0.29, 0.717) is 11.3 Å². The lowest BCUT2D eigenvalue weighted by Gasteiger charge is -2.33. The molecule has 1 amide bonds. The van der Waals surface area contributed by atoms with Crippen LogP contribution in [0.4, 0.5) is 18.9 Å². The van der Waals surface area contributed by atoms with Crippen LogP contribution in [0.25, 0.3) is 0 Å². The maximum Gasteiger partial charge on any atom is 0.471 e. The molecule has 0 unspecified atom stereocenters. The molecule has 0 radical (unpaired) electrons. The Morgan fingerprint density at radius 1 is 1.46 bits per heavy atom. The van der Waals surface area contributed by atoms with E-state index in [1.165, 1.54) is 6.07 Å². The molecule has 1 fully saturated rings. The molecule has 0 aliphatic carbocycles. The van der Waals surface area contributed by atoms with Gasteiger partial charge in [-0.1, -0.05) is 0 Å². The van der Waals surface area contributed by atoms with Crippen molar-refractivity contribution in [3.63, 3.8) is 0 Å². The number of hydrogen-bond acceptors (Lipinski definition) is 5. The molecule has 2 rings (SSSR count). The Morgan fingerprint density at radius 2 is 2.17 bits per heavy atom. The molecule has 1 aliphatic rings. The lowest BCUT2D eigenvalue weighted by Crippen LogP contribution is -2.49. The van der Waals surface area contributed by atoms with E-state index in [4.69, 9.17) is 10.00 Å². The average Bonchev–Trinajstić information content (AvgIpc) is 2.53. The second-order valence-electron chi connectivity index (χ2n) is 5.18. The number of carbonyl (C=O) groups is 1. The Morgan fingerprint density at radius 3 is 2.75 bits per heavy atom. The van der Waals surface area contributed by atoms with Gasteiger partial charge in [-0.05, 0) is 18.9 Å². The SMILES string of the molecule is N#Cc1ccc([N+](=O)[O-])c(O[C@H]2CCCN(C(=O)C(F)(F)F)C2)c1. The molecule has 1 heterocycles. The third-order valence-electron chi connectivity index (χ3n) is 3.49. The van der Waals surface area contributed by atoms with Crippen LogP contribution in [0.1, 0.15) is 18.4 Å². The first kappa shape index (κ1) is 17.5. The van der Waals surface area contributed by atoms with E-state index >= 15 is 0 Å². The molecular weight excluding hydrogens is 331 g/mol. The van der Waals surface area contributed by atoms with E-state index < -0.39 is 28.8 Å². The number of halogens is 3. The van der Waals surface area contributed by atoms with Crippen molar-refractivity contribution in [3.8, 4) is 11.8 Å². The number of amides is 1. The fraction of sp³-hybridized carbons (Fsp3) is 0.429. The first-order valence-corrected chi connectivity index (χ1v) is 6.93. The van der Waals surface area contributed by atoms with E-state index in [9.17, 15) is 28.1 Å². The number of ether oxygens (including phenoxy) is 1. The van der Waals surface area contributed by atoms with Crippen LogP contribution < -0.4 is 4.74 Å². The number of nitro benzene ring substituents is 1. The lowest BCUT2D eigenvalue weighted by molar-refractivity contribution is -0.386. The Kier molecular flexibility index (Phi) is 4.92. The summed E-state index contributed by atoms with van der Waals surface area (Å²) >= 11 is 0.